The predicted octanol–water partition coefficient (Wildman–Crippen LogP) is 3.45. The maximum atomic E-state index is 12.5. The first-order chi connectivity index (χ1) is 11.4. The fourth-order valence-corrected chi connectivity index (χ4v) is 3.08. The van der Waals surface area contributed by atoms with Crippen LogP contribution in [0, 0.1) is 16.0 Å². The highest BCUT2D eigenvalue weighted by Gasteiger charge is 2.30. The van der Waals surface area contributed by atoms with Gasteiger partial charge in [0.25, 0.3) is 11.6 Å². The summed E-state index contributed by atoms with van der Waals surface area (Å²) in [6.07, 6.45) is 3.99. The van der Waals surface area contributed by atoms with Crippen molar-refractivity contribution >= 4 is 29.2 Å². The van der Waals surface area contributed by atoms with Crippen molar-refractivity contribution in [3.63, 3.8) is 0 Å². The summed E-state index contributed by atoms with van der Waals surface area (Å²) in [5.74, 6) is -1.15. The molecule has 0 spiro atoms. The Morgan fingerprint density at radius 2 is 2.00 bits per heavy atom. The number of esters is 1. The normalized spacial score (nSPS) is 16.2. The second kappa shape index (κ2) is 8.10. The number of halogens is 1. The molecule has 1 fully saturated rings. The van der Waals surface area contributed by atoms with Crippen LogP contribution in [-0.4, -0.2) is 23.0 Å². The molecule has 0 unspecified atom stereocenters. The number of hydrogen-bond donors (Lipinski definition) is 1. The average Bonchev–Trinajstić information content (AvgIpc) is 2.54. The first-order valence-electron chi connectivity index (χ1n) is 7.80. The van der Waals surface area contributed by atoms with Gasteiger partial charge in [-0.3, -0.25) is 19.7 Å². The van der Waals surface area contributed by atoms with E-state index >= 15 is 0 Å². The van der Waals surface area contributed by atoms with Crippen molar-refractivity contribution in [2.45, 2.75) is 45.3 Å². The fourth-order valence-electron chi connectivity index (χ4n) is 2.91. The van der Waals surface area contributed by atoms with E-state index in [1.807, 2.05) is 0 Å². The van der Waals surface area contributed by atoms with E-state index in [0.717, 1.165) is 38.2 Å². The highest BCUT2D eigenvalue weighted by atomic mass is 35.5. The van der Waals surface area contributed by atoms with Crippen LogP contribution in [0.25, 0.3) is 0 Å². The average molecular weight is 355 g/mol. The topological polar surface area (TPSA) is 98.5 Å². The van der Waals surface area contributed by atoms with Crippen LogP contribution in [0.3, 0.4) is 0 Å². The van der Waals surface area contributed by atoms with E-state index in [1.54, 1.807) is 0 Å². The lowest BCUT2D eigenvalue weighted by Gasteiger charge is -2.30. The first kappa shape index (κ1) is 18.2. The van der Waals surface area contributed by atoms with Gasteiger partial charge < -0.3 is 10.1 Å². The van der Waals surface area contributed by atoms with Crippen molar-refractivity contribution in [3.8, 4) is 0 Å². The number of nitrogens with one attached hydrogen (secondary N) is 1. The standard InChI is InChI=1S/C16H19ClN2O5/c1-10(20)24-16(11-5-3-2-4-6-11)18-15(21)13-8-7-12(17)9-14(13)19(22)23/h7-9,11,16H,2-6H2,1H3,(H,18,21)/t16-/m0/s1. The Labute approximate surface area is 144 Å². The van der Waals surface area contributed by atoms with E-state index in [-0.39, 0.29) is 22.2 Å². The first-order valence-corrected chi connectivity index (χ1v) is 8.18. The molecule has 0 saturated heterocycles. The summed E-state index contributed by atoms with van der Waals surface area (Å²) in [7, 11) is 0. The van der Waals surface area contributed by atoms with Gasteiger partial charge in [-0.2, -0.15) is 0 Å². The van der Waals surface area contributed by atoms with Crippen LogP contribution < -0.4 is 5.32 Å². The molecule has 1 aromatic rings. The number of ether oxygens (including phenoxy) is 1. The maximum absolute atomic E-state index is 12.5. The van der Waals surface area contributed by atoms with Crippen LogP contribution in [0.4, 0.5) is 5.69 Å². The molecule has 1 amide bonds. The van der Waals surface area contributed by atoms with Crippen molar-refractivity contribution in [2.75, 3.05) is 0 Å². The Balaban J connectivity index is 2.20. The minimum atomic E-state index is -0.786. The van der Waals surface area contributed by atoms with E-state index in [9.17, 15) is 19.7 Å². The molecule has 1 saturated carbocycles. The van der Waals surface area contributed by atoms with Gasteiger partial charge >= 0.3 is 5.97 Å². The summed E-state index contributed by atoms with van der Waals surface area (Å²) < 4.78 is 5.24. The number of nitrogens with zero attached hydrogens (tertiary/aromatic N) is 1. The smallest absolute Gasteiger partial charge is 0.304 e. The van der Waals surface area contributed by atoms with Gasteiger partial charge in [0.15, 0.2) is 6.23 Å². The molecular formula is C16H19ClN2O5. The molecule has 1 N–H and O–H groups in total. The molecule has 1 aromatic carbocycles. The second-order valence-corrected chi connectivity index (χ2v) is 6.26. The van der Waals surface area contributed by atoms with Crippen LogP contribution in [0.15, 0.2) is 18.2 Å². The molecular weight excluding hydrogens is 336 g/mol. The number of nitro benzene ring substituents is 1. The van der Waals surface area contributed by atoms with Crippen molar-refractivity contribution in [2.24, 2.45) is 5.92 Å². The van der Waals surface area contributed by atoms with E-state index in [0.29, 0.717) is 0 Å². The molecule has 2 rings (SSSR count). The minimum Gasteiger partial charge on any atom is -0.442 e. The van der Waals surface area contributed by atoms with Crippen molar-refractivity contribution in [3.05, 3.63) is 38.9 Å². The summed E-state index contributed by atoms with van der Waals surface area (Å²) in [5, 5.41) is 13.9. The van der Waals surface area contributed by atoms with E-state index in [1.165, 1.54) is 19.1 Å². The van der Waals surface area contributed by atoms with E-state index in [2.05, 4.69) is 5.32 Å². The highest BCUT2D eigenvalue weighted by Crippen LogP contribution is 2.28. The molecule has 24 heavy (non-hydrogen) atoms. The third kappa shape index (κ3) is 4.67. The lowest BCUT2D eigenvalue weighted by Crippen LogP contribution is -2.44. The number of hydrogen-bond acceptors (Lipinski definition) is 5. The second-order valence-electron chi connectivity index (χ2n) is 5.82. The lowest BCUT2D eigenvalue weighted by atomic mass is 9.88. The SMILES string of the molecule is CC(=O)O[C@H](NC(=O)c1ccc(Cl)cc1[N+](=O)[O-])C1CCCCC1. The molecule has 0 bridgehead atoms. The zero-order valence-electron chi connectivity index (χ0n) is 13.3. The number of nitro groups is 1. The number of benzene rings is 1. The number of rotatable bonds is 5. The minimum absolute atomic E-state index is 0.0120. The number of carbonyl (C=O) groups excluding carboxylic acids is 2. The summed E-state index contributed by atoms with van der Waals surface area (Å²) in [5.41, 5.74) is -0.498. The largest absolute Gasteiger partial charge is 0.442 e. The van der Waals surface area contributed by atoms with Crippen molar-refractivity contribution in [1.82, 2.24) is 5.32 Å². The van der Waals surface area contributed by atoms with E-state index in [4.69, 9.17) is 16.3 Å². The van der Waals surface area contributed by atoms with Gasteiger partial charge in [-0.1, -0.05) is 30.9 Å². The van der Waals surface area contributed by atoms with E-state index < -0.39 is 23.0 Å². The van der Waals surface area contributed by atoms with Gasteiger partial charge in [0.05, 0.1) is 4.92 Å². The molecule has 1 aliphatic rings. The zero-order valence-corrected chi connectivity index (χ0v) is 14.0. The van der Waals surface area contributed by atoms with Crippen LogP contribution in [0.1, 0.15) is 49.4 Å². The molecule has 0 aromatic heterocycles. The maximum Gasteiger partial charge on any atom is 0.304 e. The summed E-state index contributed by atoms with van der Waals surface area (Å²) >= 11 is 5.76. The van der Waals surface area contributed by atoms with Crippen LogP contribution in [0.5, 0.6) is 0 Å². The van der Waals surface area contributed by atoms with Gasteiger partial charge in [-0.05, 0) is 25.0 Å². The quantitative estimate of drug-likeness (QED) is 0.378. The molecule has 130 valence electrons. The Hall–Kier alpha value is -2.15. The monoisotopic (exact) mass is 354 g/mol. The van der Waals surface area contributed by atoms with Gasteiger partial charge in [0, 0.05) is 23.9 Å². The third-order valence-corrected chi connectivity index (χ3v) is 4.28. The lowest BCUT2D eigenvalue weighted by molar-refractivity contribution is -0.385. The molecule has 0 aliphatic heterocycles. The molecule has 0 radical (unpaired) electrons. The van der Waals surface area contributed by atoms with Gasteiger partial charge in [-0.25, -0.2) is 0 Å². The van der Waals surface area contributed by atoms with Gasteiger partial charge in [0.1, 0.15) is 5.56 Å². The van der Waals surface area contributed by atoms with Crippen molar-refractivity contribution < 1.29 is 19.2 Å². The highest BCUT2D eigenvalue weighted by molar-refractivity contribution is 6.31. The number of carbonyl (C=O) groups is 2. The Morgan fingerprint density at radius 3 is 2.58 bits per heavy atom. The summed E-state index contributed by atoms with van der Waals surface area (Å²) in [6.45, 7) is 1.27. The molecule has 8 heteroatoms. The van der Waals surface area contributed by atoms with Crippen LogP contribution in [0.2, 0.25) is 5.02 Å². The summed E-state index contributed by atoms with van der Waals surface area (Å²) in [4.78, 5) is 34.3. The zero-order chi connectivity index (χ0) is 17.7. The van der Waals surface area contributed by atoms with Crippen LogP contribution in [-0.2, 0) is 9.53 Å². The molecule has 0 heterocycles. The fraction of sp³-hybridized carbons (Fsp3) is 0.500. The summed E-state index contributed by atoms with van der Waals surface area (Å²) in [6, 6.07) is 3.82. The molecule has 1 aliphatic carbocycles. The third-order valence-electron chi connectivity index (χ3n) is 4.05. The van der Waals surface area contributed by atoms with Gasteiger partial charge in [-0.15, -0.1) is 0 Å². The predicted molar refractivity (Wildman–Crippen MR) is 87.7 cm³/mol. The van der Waals surface area contributed by atoms with Crippen molar-refractivity contribution in [1.29, 1.82) is 0 Å². The Morgan fingerprint density at radius 1 is 1.33 bits per heavy atom. The molecule has 1 atom stereocenters. The van der Waals surface area contributed by atoms with Crippen LogP contribution >= 0.6 is 11.6 Å². The van der Waals surface area contributed by atoms with Gasteiger partial charge in [0.2, 0.25) is 0 Å². The molecule has 7 nitrogen and oxygen atoms in total. The number of amides is 1. The Bertz CT molecular complexity index is 643. The Kier molecular flexibility index (Phi) is 6.14.